The van der Waals surface area contributed by atoms with E-state index >= 15 is 0 Å². The van der Waals surface area contributed by atoms with Gasteiger partial charge in [0.25, 0.3) is 0 Å². The lowest BCUT2D eigenvalue weighted by atomic mass is 9.91. The van der Waals surface area contributed by atoms with Crippen LogP contribution in [0.25, 0.3) is 22.2 Å². The number of likely N-dealkylation sites (N-methyl/N-ethyl adjacent to an activating group) is 1. The van der Waals surface area contributed by atoms with Gasteiger partial charge in [0.2, 0.25) is 5.91 Å². The average molecular weight is 465 g/mol. The minimum atomic E-state index is -0.430. The van der Waals surface area contributed by atoms with Crippen LogP contribution >= 0.6 is 0 Å². The Balaban J connectivity index is 1.17. The topological polar surface area (TPSA) is 77.2 Å². The van der Waals surface area contributed by atoms with E-state index in [1.165, 1.54) is 11.1 Å². The monoisotopic (exact) mass is 464 g/mol. The van der Waals surface area contributed by atoms with E-state index in [1.807, 2.05) is 12.3 Å². The van der Waals surface area contributed by atoms with Crippen molar-refractivity contribution in [2.45, 2.75) is 24.7 Å². The zero-order valence-electron chi connectivity index (χ0n) is 20.0. The lowest BCUT2D eigenvalue weighted by molar-refractivity contribution is -0.118. The van der Waals surface area contributed by atoms with E-state index in [4.69, 9.17) is 4.98 Å². The van der Waals surface area contributed by atoms with Crippen LogP contribution < -0.4 is 10.2 Å². The molecule has 7 rings (SSSR count). The van der Waals surface area contributed by atoms with Gasteiger partial charge < -0.3 is 15.1 Å². The van der Waals surface area contributed by atoms with Gasteiger partial charge in [-0.3, -0.25) is 9.89 Å². The molecule has 0 radical (unpaired) electrons. The van der Waals surface area contributed by atoms with E-state index in [0.717, 1.165) is 71.8 Å². The molecule has 0 unspecified atom stereocenters. The summed E-state index contributed by atoms with van der Waals surface area (Å²) in [5, 5.41) is 12.0. The first-order valence-electron chi connectivity index (χ1n) is 12.3. The summed E-state index contributed by atoms with van der Waals surface area (Å²) >= 11 is 0. The van der Waals surface area contributed by atoms with Gasteiger partial charge in [-0.25, -0.2) is 4.98 Å². The number of carbonyl (C=O) groups excluding carboxylic acids is 1. The number of carbonyl (C=O) groups is 1. The molecular weight excluding hydrogens is 436 g/mol. The number of nitrogens with one attached hydrogen (secondary N) is 2. The predicted molar refractivity (Wildman–Crippen MR) is 138 cm³/mol. The maximum Gasteiger partial charge on any atom is 0.235 e. The summed E-state index contributed by atoms with van der Waals surface area (Å²) < 4.78 is 0. The third kappa shape index (κ3) is 3.11. The molecule has 2 aliphatic heterocycles. The minimum Gasteiger partial charge on any atom is -0.354 e. The maximum atomic E-state index is 13.0. The third-order valence-corrected chi connectivity index (χ3v) is 8.11. The number of H-pyrrole nitrogens is 1. The van der Waals surface area contributed by atoms with Crippen LogP contribution in [0.4, 0.5) is 11.5 Å². The zero-order valence-corrected chi connectivity index (χ0v) is 20.0. The molecule has 35 heavy (non-hydrogen) atoms. The Labute approximate surface area is 204 Å². The summed E-state index contributed by atoms with van der Waals surface area (Å²) in [5.41, 5.74) is 6.95. The fourth-order valence-electron chi connectivity index (χ4n) is 5.93. The van der Waals surface area contributed by atoms with Crippen LogP contribution in [0.5, 0.6) is 0 Å². The largest absolute Gasteiger partial charge is 0.354 e. The first-order chi connectivity index (χ1) is 17.0. The molecule has 1 saturated heterocycles. The second-order valence-electron chi connectivity index (χ2n) is 10.3. The number of fused-ring (bicyclic) bond motifs is 3. The Morgan fingerprint density at radius 1 is 1.03 bits per heavy atom. The molecule has 4 heterocycles. The molecule has 1 amide bonds. The van der Waals surface area contributed by atoms with E-state index in [0.29, 0.717) is 0 Å². The van der Waals surface area contributed by atoms with Crippen molar-refractivity contribution in [1.29, 1.82) is 0 Å². The Morgan fingerprint density at radius 3 is 2.69 bits per heavy atom. The molecule has 2 fully saturated rings. The standard InChI is InChI=1S/C28H28N6O/c1-17-3-7-23-21(13-17)28(27(35)30-23)15-22(28)18-4-6-20-24(14-18)31-32-26(20)19-5-8-25(29-16-19)34-11-9-33(2)10-12-34/h3-8,13-14,16,22H,9-12,15H2,1-2H3,(H,30,35)(H,31,32)/t22-,28-/m0/s1. The van der Waals surface area contributed by atoms with E-state index in [9.17, 15) is 4.79 Å². The average Bonchev–Trinajstić information content (AvgIpc) is 3.40. The van der Waals surface area contributed by atoms with Crippen molar-refractivity contribution in [3.8, 4) is 11.3 Å². The molecule has 3 aliphatic rings. The number of hydrogen-bond acceptors (Lipinski definition) is 5. The van der Waals surface area contributed by atoms with Crippen molar-refractivity contribution in [2.75, 3.05) is 43.4 Å². The zero-order chi connectivity index (χ0) is 23.7. The number of aromatic amines is 1. The highest BCUT2D eigenvalue weighted by Gasteiger charge is 2.65. The fraction of sp³-hybridized carbons (Fsp3) is 0.321. The molecule has 7 nitrogen and oxygen atoms in total. The number of nitrogens with zero attached hydrogens (tertiary/aromatic N) is 4. The third-order valence-electron chi connectivity index (χ3n) is 8.11. The summed E-state index contributed by atoms with van der Waals surface area (Å²) in [6.07, 6.45) is 2.77. The van der Waals surface area contributed by atoms with Gasteiger partial charge in [-0.05, 0) is 55.8 Å². The molecule has 1 spiro atoms. The van der Waals surface area contributed by atoms with Gasteiger partial charge in [-0.15, -0.1) is 0 Å². The summed E-state index contributed by atoms with van der Waals surface area (Å²) in [6.45, 7) is 6.21. The Morgan fingerprint density at radius 2 is 1.89 bits per heavy atom. The van der Waals surface area contributed by atoms with Gasteiger partial charge in [-0.2, -0.15) is 5.10 Å². The number of rotatable bonds is 3. The second kappa shape index (κ2) is 7.39. The van der Waals surface area contributed by atoms with Crippen LogP contribution in [-0.2, 0) is 10.2 Å². The first kappa shape index (κ1) is 20.6. The molecule has 2 aromatic heterocycles. The van der Waals surface area contributed by atoms with E-state index in [2.05, 4.69) is 81.7 Å². The number of anilines is 2. The van der Waals surface area contributed by atoms with Crippen LogP contribution in [-0.4, -0.2) is 59.2 Å². The van der Waals surface area contributed by atoms with Gasteiger partial charge in [0.05, 0.1) is 10.9 Å². The van der Waals surface area contributed by atoms with Crippen molar-refractivity contribution in [3.63, 3.8) is 0 Å². The fourth-order valence-corrected chi connectivity index (χ4v) is 5.93. The summed E-state index contributed by atoms with van der Waals surface area (Å²) in [6, 6.07) is 16.9. The molecule has 176 valence electrons. The van der Waals surface area contributed by atoms with Gasteiger partial charge in [0.15, 0.2) is 0 Å². The van der Waals surface area contributed by atoms with Crippen LogP contribution in [0, 0.1) is 6.92 Å². The Kier molecular flexibility index (Phi) is 4.36. The van der Waals surface area contributed by atoms with Crippen LogP contribution in [0.3, 0.4) is 0 Å². The van der Waals surface area contributed by atoms with Gasteiger partial charge >= 0.3 is 0 Å². The molecule has 2 N–H and O–H groups in total. The van der Waals surface area contributed by atoms with Gasteiger partial charge in [0.1, 0.15) is 11.5 Å². The molecule has 2 aromatic carbocycles. The lowest BCUT2D eigenvalue weighted by Gasteiger charge is -2.33. The predicted octanol–water partition coefficient (Wildman–Crippen LogP) is 4.06. The van der Waals surface area contributed by atoms with E-state index in [1.54, 1.807) is 0 Å². The highest BCUT2D eigenvalue weighted by atomic mass is 16.2. The van der Waals surface area contributed by atoms with Crippen molar-refractivity contribution in [1.82, 2.24) is 20.1 Å². The van der Waals surface area contributed by atoms with Crippen molar-refractivity contribution in [3.05, 3.63) is 71.4 Å². The van der Waals surface area contributed by atoms with Crippen LogP contribution in [0.2, 0.25) is 0 Å². The molecular formula is C28H28N6O. The maximum absolute atomic E-state index is 13.0. The SMILES string of the molecule is Cc1ccc2c(c1)[C@]1(C[C@H]1c1ccc3c(-c4ccc(N5CCN(C)CC5)nc4)n[nH]c3c1)C(=O)N2. The second-order valence-corrected chi connectivity index (χ2v) is 10.3. The lowest BCUT2D eigenvalue weighted by Crippen LogP contribution is -2.44. The quantitative estimate of drug-likeness (QED) is 0.478. The highest BCUT2D eigenvalue weighted by molar-refractivity contribution is 6.10. The highest BCUT2D eigenvalue weighted by Crippen LogP contribution is 2.65. The Bertz CT molecular complexity index is 1470. The summed E-state index contributed by atoms with van der Waals surface area (Å²) in [4.78, 5) is 22.4. The van der Waals surface area contributed by atoms with Crippen molar-refractivity contribution >= 4 is 28.3 Å². The van der Waals surface area contributed by atoms with Crippen molar-refractivity contribution in [2.24, 2.45) is 0 Å². The molecule has 7 heteroatoms. The van der Waals surface area contributed by atoms with Crippen LogP contribution in [0.15, 0.2) is 54.7 Å². The van der Waals surface area contributed by atoms with Gasteiger partial charge in [-0.1, -0.05) is 29.8 Å². The van der Waals surface area contributed by atoms with E-state index in [-0.39, 0.29) is 11.8 Å². The van der Waals surface area contributed by atoms with Crippen LogP contribution in [0.1, 0.15) is 29.0 Å². The minimum absolute atomic E-state index is 0.125. The molecule has 1 aliphatic carbocycles. The first-order valence-corrected chi connectivity index (χ1v) is 12.3. The van der Waals surface area contributed by atoms with Crippen molar-refractivity contribution < 1.29 is 4.79 Å². The summed E-state index contributed by atoms with van der Waals surface area (Å²) in [7, 11) is 2.16. The normalized spacial score (nSPS) is 23.7. The van der Waals surface area contributed by atoms with Gasteiger partial charge in [0, 0.05) is 54.9 Å². The number of hydrogen-bond donors (Lipinski definition) is 2. The summed E-state index contributed by atoms with van der Waals surface area (Å²) in [5.74, 6) is 1.33. The number of aromatic nitrogens is 3. The number of piperazine rings is 1. The number of aryl methyl sites for hydroxylation is 1. The molecule has 0 bridgehead atoms. The van der Waals surface area contributed by atoms with E-state index < -0.39 is 5.41 Å². The molecule has 4 aromatic rings. The number of amides is 1. The smallest absolute Gasteiger partial charge is 0.235 e. The number of benzene rings is 2. The Hall–Kier alpha value is -3.71. The molecule has 2 atom stereocenters. The number of pyridine rings is 1. The molecule has 1 saturated carbocycles.